The Labute approximate surface area is 212 Å². The Balaban J connectivity index is 1.40. The summed E-state index contributed by atoms with van der Waals surface area (Å²) in [6.45, 7) is 1.08. The molecule has 4 rings (SSSR count). The minimum Gasteiger partial charge on any atom is -0.325 e. The Morgan fingerprint density at radius 2 is 1.60 bits per heavy atom. The van der Waals surface area contributed by atoms with Crippen LogP contribution in [-0.4, -0.2) is 55.2 Å². The number of anilines is 1. The third-order valence-electron chi connectivity index (χ3n) is 6.07. The van der Waals surface area contributed by atoms with Crippen molar-refractivity contribution in [2.45, 2.75) is 48.8 Å². The first-order valence-corrected chi connectivity index (χ1v) is 13.3. The zero-order valence-corrected chi connectivity index (χ0v) is 20.9. The first kappa shape index (κ1) is 26.2. The van der Waals surface area contributed by atoms with Gasteiger partial charge in [0.2, 0.25) is 15.9 Å². The quantitative estimate of drug-likeness (QED) is 0.510. The number of hydrogen-bond acceptors (Lipinski definition) is 4. The first-order valence-electron chi connectivity index (χ1n) is 11.1. The molecule has 0 spiro atoms. The molecule has 0 unspecified atom stereocenters. The fourth-order valence-electron chi connectivity index (χ4n) is 4.34. The highest BCUT2D eigenvalue weighted by molar-refractivity contribution is 7.89. The number of halogens is 5. The van der Waals surface area contributed by atoms with E-state index in [1.165, 1.54) is 10.4 Å². The van der Waals surface area contributed by atoms with Crippen LogP contribution in [0.4, 0.5) is 18.9 Å². The largest absolute Gasteiger partial charge is 0.416 e. The van der Waals surface area contributed by atoms with Gasteiger partial charge in [-0.05, 0) is 62.1 Å². The normalized spacial score (nSPS) is 18.1. The number of nitrogens with zero attached hydrogens (tertiary/aromatic N) is 2. The number of rotatable bonds is 7. The van der Waals surface area contributed by atoms with Gasteiger partial charge in [0.1, 0.15) is 0 Å². The second kappa shape index (κ2) is 10.3. The van der Waals surface area contributed by atoms with E-state index in [0.717, 1.165) is 12.1 Å². The van der Waals surface area contributed by atoms with Gasteiger partial charge in [-0.1, -0.05) is 29.3 Å². The minimum absolute atomic E-state index is 0.112. The van der Waals surface area contributed by atoms with Crippen molar-refractivity contribution in [3.05, 3.63) is 58.1 Å². The summed E-state index contributed by atoms with van der Waals surface area (Å²) < 4.78 is 67.6. The standard InChI is InChI=1S/C23H24Cl2F3N3O3S/c24-16-11-17(25)13-18(12-16)29-22(32)14-30-8-6-20(7-9-30)31(19-4-5-19)35(33,34)21-3-1-2-15(10-21)23(26,27)28/h1-3,10-13,19-20H,4-9,14H2,(H,29,32). The molecule has 190 valence electrons. The molecule has 12 heteroatoms. The molecule has 2 fully saturated rings. The molecule has 1 saturated heterocycles. The Kier molecular flexibility index (Phi) is 7.68. The lowest BCUT2D eigenvalue weighted by Crippen LogP contribution is -2.49. The maximum absolute atomic E-state index is 13.4. The van der Waals surface area contributed by atoms with E-state index in [2.05, 4.69) is 5.32 Å². The summed E-state index contributed by atoms with van der Waals surface area (Å²) in [6.07, 6.45) is -2.31. The number of likely N-dealkylation sites (tertiary alicyclic amines) is 1. The van der Waals surface area contributed by atoms with Crippen LogP contribution in [0.15, 0.2) is 47.4 Å². The van der Waals surface area contributed by atoms with Crippen molar-refractivity contribution >= 4 is 44.8 Å². The molecule has 0 aromatic heterocycles. The van der Waals surface area contributed by atoms with Crippen molar-refractivity contribution < 1.29 is 26.4 Å². The molecular weight excluding hydrogens is 526 g/mol. The van der Waals surface area contributed by atoms with E-state index in [9.17, 15) is 26.4 Å². The van der Waals surface area contributed by atoms with E-state index in [0.29, 0.717) is 60.6 Å². The fraction of sp³-hybridized carbons (Fsp3) is 0.435. The summed E-state index contributed by atoms with van der Waals surface area (Å²) in [6, 6.07) is 8.08. The number of hydrogen-bond donors (Lipinski definition) is 1. The Morgan fingerprint density at radius 3 is 2.17 bits per heavy atom. The van der Waals surface area contributed by atoms with Crippen molar-refractivity contribution in [3.63, 3.8) is 0 Å². The third kappa shape index (κ3) is 6.48. The predicted molar refractivity (Wildman–Crippen MR) is 128 cm³/mol. The molecule has 2 aromatic carbocycles. The Bertz CT molecular complexity index is 1180. The maximum atomic E-state index is 13.4. The van der Waals surface area contributed by atoms with E-state index in [1.807, 2.05) is 4.90 Å². The molecule has 1 N–H and O–H groups in total. The van der Waals surface area contributed by atoms with Gasteiger partial charge in [0.15, 0.2) is 0 Å². The second-order valence-electron chi connectivity index (χ2n) is 8.81. The molecular formula is C23H24Cl2F3N3O3S. The van der Waals surface area contributed by atoms with Crippen molar-refractivity contribution in [1.29, 1.82) is 0 Å². The molecule has 1 aliphatic carbocycles. The van der Waals surface area contributed by atoms with Gasteiger partial charge in [-0.2, -0.15) is 17.5 Å². The van der Waals surface area contributed by atoms with Crippen molar-refractivity contribution in [1.82, 2.24) is 9.21 Å². The van der Waals surface area contributed by atoms with Crippen LogP contribution in [0.1, 0.15) is 31.2 Å². The number of benzene rings is 2. The van der Waals surface area contributed by atoms with E-state index in [1.54, 1.807) is 18.2 Å². The number of sulfonamides is 1. The van der Waals surface area contributed by atoms with E-state index < -0.39 is 21.8 Å². The number of amides is 1. The van der Waals surface area contributed by atoms with Crippen molar-refractivity contribution in [2.75, 3.05) is 25.0 Å². The van der Waals surface area contributed by atoms with Gasteiger partial charge in [0.25, 0.3) is 0 Å². The number of carbonyl (C=O) groups excluding carboxylic acids is 1. The van der Waals surface area contributed by atoms with Gasteiger partial charge in [-0.15, -0.1) is 0 Å². The van der Waals surface area contributed by atoms with Crippen LogP contribution in [0, 0.1) is 0 Å². The minimum atomic E-state index is -4.63. The molecule has 1 saturated carbocycles. The monoisotopic (exact) mass is 549 g/mol. The molecule has 1 heterocycles. The van der Waals surface area contributed by atoms with Gasteiger partial charge in [0, 0.05) is 40.9 Å². The zero-order valence-electron chi connectivity index (χ0n) is 18.6. The summed E-state index contributed by atoms with van der Waals surface area (Å²) in [5.74, 6) is -0.252. The highest BCUT2D eigenvalue weighted by Crippen LogP contribution is 2.38. The molecule has 1 aliphatic heterocycles. The Morgan fingerprint density at radius 1 is 1.00 bits per heavy atom. The summed E-state index contributed by atoms with van der Waals surface area (Å²) in [7, 11) is -4.10. The van der Waals surface area contributed by atoms with Gasteiger partial charge in [-0.25, -0.2) is 8.42 Å². The molecule has 35 heavy (non-hydrogen) atoms. The smallest absolute Gasteiger partial charge is 0.325 e. The molecule has 6 nitrogen and oxygen atoms in total. The number of nitrogens with one attached hydrogen (secondary N) is 1. The lowest BCUT2D eigenvalue weighted by Gasteiger charge is -2.37. The van der Waals surface area contributed by atoms with Crippen LogP contribution >= 0.6 is 23.2 Å². The van der Waals surface area contributed by atoms with Gasteiger partial charge < -0.3 is 5.32 Å². The van der Waals surface area contributed by atoms with Crippen molar-refractivity contribution in [2.24, 2.45) is 0 Å². The summed E-state index contributed by atoms with van der Waals surface area (Å²) in [4.78, 5) is 14.0. The Hall–Kier alpha value is -1.85. The van der Waals surface area contributed by atoms with Crippen LogP contribution in [0.5, 0.6) is 0 Å². The number of alkyl halides is 3. The number of piperidine rings is 1. The second-order valence-corrected chi connectivity index (χ2v) is 11.5. The lowest BCUT2D eigenvalue weighted by molar-refractivity contribution is -0.137. The molecule has 2 aliphatic rings. The highest BCUT2D eigenvalue weighted by Gasteiger charge is 2.44. The van der Waals surface area contributed by atoms with E-state index in [-0.39, 0.29) is 29.4 Å². The summed E-state index contributed by atoms with van der Waals surface area (Å²) in [5.41, 5.74) is -0.509. The molecule has 0 atom stereocenters. The molecule has 0 bridgehead atoms. The van der Waals surface area contributed by atoms with Crippen LogP contribution in [0.25, 0.3) is 0 Å². The first-order chi connectivity index (χ1) is 16.4. The molecule has 2 aromatic rings. The van der Waals surface area contributed by atoms with Crippen LogP contribution in [0.3, 0.4) is 0 Å². The third-order valence-corrected chi connectivity index (χ3v) is 8.51. The van der Waals surface area contributed by atoms with Crippen molar-refractivity contribution in [3.8, 4) is 0 Å². The fourth-order valence-corrected chi connectivity index (χ4v) is 6.84. The highest BCUT2D eigenvalue weighted by atomic mass is 35.5. The van der Waals surface area contributed by atoms with E-state index >= 15 is 0 Å². The van der Waals surface area contributed by atoms with Crippen LogP contribution in [0.2, 0.25) is 10.0 Å². The van der Waals surface area contributed by atoms with Gasteiger partial charge >= 0.3 is 6.18 Å². The average Bonchev–Trinajstić information content (AvgIpc) is 3.58. The van der Waals surface area contributed by atoms with E-state index in [4.69, 9.17) is 23.2 Å². The molecule has 1 amide bonds. The van der Waals surface area contributed by atoms with Gasteiger partial charge in [-0.3, -0.25) is 9.69 Å². The summed E-state index contributed by atoms with van der Waals surface area (Å²) in [5, 5.41) is 3.55. The number of carbonyl (C=O) groups is 1. The summed E-state index contributed by atoms with van der Waals surface area (Å²) >= 11 is 11.9. The lowest BCUT2D eigenvalue weighted by atomic mass is 10.0. The zero-order chi connectivity index (χ0) is 25.4. The topological polar surface area (TPSA) is 69.7 Å². The molecule has 0 radical (unpaired) electrons. The maximum Gasteiger partial charge on any atom is 0.416 e. The van der Waals surface area contributed by atoms with Crippen LogP contribution in [-0.2, 0) is 21.0 Å². The SMILES string of the molecule is O=C(CN1CCC(N(C2CC2)S(=O)(=O)c2cccc(C(F)(F)F)c2)CC1)Nc1cc(Cl)cc(Cl)c1. The predicted octanol–water partition coefficient (Wildman–Crippen LogP) is 5.27. The average molecular weight is 550 g/mol. The van der Waals surface area contributed by atoms with Crippen LogP contribution < -0.4 is 5.32 Å². The van der Waals surface area contributed by atoms with Gasteiger partial charge in [0.05, 0.1) is 17.0 Å².